The van der Waals surface area contributed by atoms with Crippen LogP contribution < -0.4 is 10.9 Å². The van der Waals surface area contributed by atoms with Crippen molar-refractivity contribution in [3.63, 3.8) is 0 Å². The van der Waals surface area contributed by atoms with Crippen LogP contribution in [0.3, 0.4) is 0 Å². The van der Waals surface area contributed by atoms with Gasteiger partial charge in [0.15, 0.2) is 0 Å². The average molecular weight is 329 g/mol. The summed E-state index contributed by atoms with van der Waals surface area (Å²) in [5.41, 5.74) is 1.75. The van der Waals surface area contributed by atoms with Crippen LogP contribution in [0.1, 0.15) is 17.7 Å². The fourth-order valence-corrected chi connectivity index (χ4v) is 2.37. The van der Waals surface area contributed by atoms with Crippen molar-refractivity contribution in [2.45, 2.75) is 19.8 Å². The Morgan fingerprint density at radius 1 is 1.42 bits per heavy atom. The maximum Gasteiger partial charge on any atom is 0.254 e. The van der Waals surface area contributed by atoms with Crippen LogP contribution in [-0.4, -0.2) is 52.9 Å². The molecule has 7 nitrogen and oxygen atoms in total. The Hall–Kier alpha value is -2.54. The average Bonchev–Trinajstić information content (AvgIpc) is 2.59. The number of aryl methyl sites for hydroxylation is 1. The number of likely N-dealkylation sites (N-methyl/N-ethyl adjacent to an activating group) is 2. The Morgan fingerprint density at radius 2 is 2.21 bits per heavy atom. The summed E-state index contributed by atoms with van der Waals surface area (Å²) >= 11 is 0. The number of hydrogen-bond acceptors (Lipinski definition) is 5. The summed E-state index contributed by atoms with van der Waals surface area (Å²) in [6.07, 6.45) is 3.99. The van der Waals surface area contributed by atoms with Crippen molar-refractivity contribution in [3.8, 4) is 11.4 Å². The van der Waals surface area contributed by atoms with Crippen molar-refractivity contribution < 1.29 is 4.79 Å². The summed E-state index contributed by atoms with van der Waals surface area (Å²) in [6.45, 7) is 3.17. The molecular weight excluding hydrogens is 306 g/mol. The Bertz CT molecular complexity index is 742. The molecule has 128 valence electrons. The zero-order valence-electron chi connectivity index (χ0n) is 14.3. The molecule has 2 rings (SSSR count). The Balaban J connectivity index is 2.09. The number of amides is 1. The number of aromatic nitrogens is 3. The van der Waals surface area contributed by atoms with E-state index in [2.05, 4.69) is 20.3 Å². The molecule has 2 heterocycles. The number of hydrogen-bond donors (Lipinski definition) is 2. The topological polar surface area (TPSA) is 91.0 Å². The van der Waals surface area contributed by atoms with Crippen LogP contribution in [0.25, 0.3) is 11.4 Å². The maximum atomic E-state index is 12.3. The molecule has 0 radical (unpaired) electrons. The summed E-state index contributed by atoms with van der Waals surface area (Å²) in [5, 5.41) is 3.00. The van der Waals surface area contributed by atoms with Gasteiger partial charge < -0.3 is 15.2 Å². The van der Waals surface area contributed by atoms with E-state index in [1.165, 1.54) is 0 Å². The van der Waals surface area contributed by atoms with E-state index in [-0.39, 0.29) is 17.9 Å². The summed E-state index contributed by atoms with van der Waals surface area (Å²) < 4.78 is 0. The first-order valence-corrected chi connectivity index (χ1v) is 7.91. The lowest BCUT2D eigenvalue weighted by Crippen LogP contribution is -2.33. The zero-order valence-corrected chi connectivity index (χ0v) is 14.3. The second kappa shape index (κ2) is 8.35. The van der Waals surface area contributed by atoms with Crippen LogP contribution in [-0.2, 0) is 11.2 Å². The van der Waals surface area contributed by atoms with E-state index in [1.807, 2.05) is 13.1 Å². The number of carbonyl (C=O) groups is 1. The van der Waals surface area contributed by atoms with Gasteiger partial charge >= 0.3 is 0 Å². The summed E-state index contributed by atoms with van der Waals surface area (Å²) in [6, 6.07) is 3.63. The number of H-pyrrole nitrogens is 1. The van der Waals surface area contributed by atoms with E-state index in [0.29, 0.717) is 30.0 Å². The number of nitrogens with one attached hydrogen (secondary N) is 2. The van der Waals surface area contributed by atoms with Gasteiger partial charge in [-0.25, -0.2) is 4.98 Å². The number of carbonyl (C=O) groups excluding carboxylic acids is 1. The van der Waals surface area contributed by atoms with Gasteiger partial charge in [0, 0.05) is 55.8 Å². The minimum absolute atomic E-state index is 0.0142. The molecule has 0 saturated carbocycles. The molecule has 0 unspecified atom stereocenters. The van der Waals surface area contributed by atoms with Gasteiger partial charge in [-0.05, 0) is 32.5 Å². The highest BCUT2D eigenvalue weighted by molar-refractivity contribution is 5.76. The Labute approximate surface area is 141 Å². The fraction of sp³-hybridized carbons (Fsp3) is 0.412. The molecule has 0 aliphatic rings. The third kappa shape index (κ3) is 4.48. The number of aromatic amines is 1. The second-order valence-electron chi connectivity index (χ2n) is 5.64. The van der Waals surface area contributed by atoms with Gasteiger partial charge in [-0.15, -0.1) is 0 Å². The van der Waals surface area contributed by atoms with E-state index in [4.69, 9.17) is 0 Å². The van der Waals surface area contributed by atoms with Gasteiger partial charge in [0.25, 0.3) is 5.56 Å². The van der Waals surface area contributed by atoms with Gasteiger partial charge in [-0.2, -0.15) is 0 Å². The first kappa shape index (κ1) is 17.8. The number of rotatable bonds is 7. The largest absolute Gasteiger partial charge is 0.344 e. The molecule has 0 bridgehead atoms. The molecular formula is C17H23N5O2. The van der Waals surface area contributed by atoms with Crippen LogP contribution in [0.4, 0.5) is 0 Å². The SMILES string of the molecule is CNCCN(C)C(=O)CCc1c(C)nc(-c2cccnc2)[nH]c1=O. The summed E-state index contributed by atoms with van der Waals surface area (Å²) in [4.78, 5) is 37.3. The smallest absolute Gasteiger partial charge is 0.254 e. The van der Waals surface area contributed by atoms with Crippen LogP contribution in [0.2, 0.25) is 0 Å². The Kier molecular flexibility index (Phi) is 6.20. The van der Waals surface area contributed by atoms with Gasteiger partial charge in [0.2, 0.25) is 5.91 Å². The molecule has 0 fully saturated rings. The molecule has 2 aromatic rings. The monoisotopic (exact) mass is 329 g/mol. The summed E-state index contributed by atoms with van der Waals surface area (Å²) in [5.74, 6) is 0.507. The number of pyridine rings is 1. The molecule has 2 N–H and O–H groups in total. The lowest BCUT2D eigenvalue weighted by atomic mass is 10.1. The Morgan fingerprint density at radius 3 is 2.83 bits per heavy atom. The minimum Gasteiger partial charge on any atom is -0.344 e. The predicted octanol–water partition coefficient (Wildman–Crippen LogP) is 0.751. The molecule has 0 aromatic carbocycles. The van der Waals surface area contributed by atoms with Crippen molar-refractivity contribution in [2.75, 3.05) is 27.2 Å². The highest BCUT2D eigenvalue weighted by Crippen LogP contribution is 2.13. The third-order valence-electron chi connectivity index (χ3n) is 3.87. The van der Waals surface area contributed by atoms with Gasteiger partial charge in [-0.3, -0.25) is 14.6 Å². The van der Waals surface area contributed by atoms with Gasteiger partial charge in [0.05, 0.1) is 0 Å². The van der Waals surface area contributed by atoms with Crippen molar-refractivity contribution in [1.82, 2.24) is 25.2 Å². The molecule has 2 aromatic heterocycles. The van der Waals surface area contributed by atoms with Crippen LogP contribution in [0.15, 0.2) is 29.3 Å². The lowest BCUT2D eigenvalue weighted by Gasteiger charge is -2.17. The lowest BCUT2D eigenvalue weighted by molar-refractivity contribution is -0.129. The zero-order chi connectivity index (χ0) is 17.5. The van der Waals surface area contributed by atoms with Crippen LogP contribution >= 0.6 is 0 Å². The quantitative estimate of drug-likeness (QED) is 0.782. The first-order chi connectivity index (χ1) is 11.5. The van der Waals surface area contributed by atoms with E-state index in [0.717, 1.165) is 12.1 Å². The number of nitrogens with zero attached hydrogens (tertiary/aromatic N) is 3. The molecule has 1 amide bonds. The van der Waals surface area contributed by atoms with Crippen LogP contribution in [0, 0.1) is 6.92 Å². The first-order valence-electron chi connectivity index (χ1n) is 7.91. The fourth-order valence-electron chi connectivity index (χ4n) is 2.37. The van der Waals surface area contributed by atoms with E-state index in [9.17, 15) is 9.59 Å². The molecule has 0 saturated heterocycles. The van der Waals surface area contributed by atoms with Gasteiger partial charge in [-0.1, -0.05) is 0 Å². The van der Waals surface area contributed by atoms with Gasteiger partial charge in [0.1, 0.15) is 5.82 Å². The van der Waals surface area contributed by atoms with E-state index >= 15 is 0 Å². The normalized spacial score (nSPS) is 10.6. The highest BCUT2D eigenvalue weighted by Gasteiger charge is 2.13. The third-order valence-corrected chi connectivity index (χ3v) is 3.87. The van der Waals surface area contributed by atoms with Crippen LogP contribution in [0.5, 0.6) is 0 Å². The van der Waals surface area contributed by atoms with Crippen molar-refractivity contribution in [1.29, 1.82) is 0 Å². The van der Waals surface area contributed by atoms with Crippen molar-refractivity contribution >= 4 is 5.91 Å². The van der Waals surface area contributed by atoms with Crippen molar-refractivity contribution in [2.24, 2.45) is 0 Å². The molecule has 0 aliphatic carbocycles. The highest BCUT2D eigenvalue weighted by atomic mass is 16.2. The van der Waals surface area contributed by atoms with E-state index in [1.54, 1.807) is 37.3 Å². The molecule has 0 aliphatic heterocycles. The standard InChI is InChI=1S/C17H23N5O2/c1-12-14(6-7-15(23)22(3)10-9-18-2)17(24)21-16(20-12)13-5-4-8-19-11-13/h4-5,8,11,18H,6-7,9-10H2,1-3H3,(H,20,21,24). The maximum absolute atomic E-state index is 12.3. The van der Waals surface area contributed by atoms with E-state index < -0.39 is 0 Å². The molecule has 7 heteroatoms. The predicted molar refractivity (Wildman–Crippen MR) is 92.7 cm³/mol. The van der Waals surface area contributed by atoms with Crippen molar-refractivity contribution in [3.05, 3.63) is 46.1 Å². The molecule has 0 spiro atoms. The summed E-state index contributed by atoms with van der Waals surface area (Å²) in [7, 11) is 3.61. The molecule has 0 atom stereocenters. The minimum atomic E-state index is -0.202. The molecule has 24 heavy (non-hydrogen) atoms. The second-order valence-corrected chi connectivity index (χ2v) is 5.64.